The maximum Gasteiger partial charge on any atom is 0.329 e. The Labute approximate surface area is 120 Å². The predicted molar refractivity (Wildman–Crippen MR) is 71.5 cm³/mol. The Morgan fingerprint density at radius 2 is 2.00 bits per heavy atom. The van der Waals surface area contributed by atoms with Gasteiger partial charge in [0, 0.05) is 18.2 Å². The molecule has 0 aliphatic carbocycles. The van der Waals surface area contributed by atoms with E-state index in [1.165, 1.54) is 13.8 Å². The number of rotatable bonds is 5. The number of nitro benzene ring substituents is 1. The third kappa shape index (κ3) is 3.15. The van der Waals surface area contributed by atoms with Crippen LogP contribution in [0.1, 0.15) is 31.1 Å². The lowest BCUT2D eigenvalue weighted by molar-refractivity contribution is -0.387. The van der Waals surface area contributed by atoms with Crippen molar-refractivity contribution >= 4 is 17.6 Å². The maximum absolute atomic E-state index is 13.3. The Kier molecular flexibility index (Phi) is 4.62. The van der Waals surface area contributed by atoms with Crippen LogP contribution in [0, 0.1) is 15.9 Å². The van der Waals surface area contributed by atoms with Crippen molar-refractivity contribution in [1.29, 1.82) is 0 Å². The number of aliphatic carboxylic acids is 1. The summed E-state index contributed by atoms with van der Waals surface area (Å²) in [7, 11) is 0. The molecule has 0 aliphatic rings. The summed E-state index contributed by atoms with van der Waals surface area (Å²) in [6, 6.07) is 2.70. The zero-order valence-corrected chi connectivity index (χ0v) is 11.8. The molecule has 1 aromatic rings. The first-order valence-electron chi connectivity index (χ1n) is 6.12. The van der Waals surface area contributed by atoms with Gasteiger partial charge in [0.2, 0.25) is 5.82 Å². The number of likely N-dealkylation sites (N-methyl/N-ethyl adjacent to an activating group) is 1. The van der Waals surface area contributed by atoms with Gasteiger partial charge in [-0.05, 0) is 32.9 Å². The molecule has 0 radical (unpaired) electrons. The van der Waals surface area contributed by atoms with E-state index in [-0.39, 0.29) is 12.1 Å². The molecule has 1 aromatic carbocycles. The molecule has 7 nitrogen and oxygen atoms in total. The van der Waals surface area contributed by atoms with Gasteiger partial charge in [0.05, 0.1) is 4.92 Å². The Bertz CT molecular complexity index is 600. The van der Waals surface area contributed by atoms with Gasteiger partial charge in [-0.25, -0.2) is 4.79 Å². The quantitative estimate of drug-likeness (QED) is 0.662. The fourth-order valence-corrected chi connectivity index (χ4v) is 1.85. The summed E-state index contributed by atoms with van der Waals surface area (Å²) in [6.45, 7) is 4.35. The number of benzene rings is 1. The van der Waals surface area contributed by atoms with Crippen LogP contribution in [0.15, 0.2) is 18.2 Å². The molecular formula is C13H15FN2O5. The number of carbonyl (C=O) groups is 2. The number of nitro groups is 1. The van der Waals surface area contributed by atoms with Crippen LogP contribution < -0.4 is 0 Å². The average Bonchev–Trinajstić information content (AvgIpc) is 2.38. The summed E-state index contributed by atoms with van der Waals surface area (Å²) < 4.78 is 13.3. The lowest BCUT2D eigenvalue weighted by atomic mass is 10.0. The molecule has 0 atom stereocenters. The predicted octanol–water partition coefficient (Wildman–Crippen LogP) is 2.06. The third-order valence-corrected chi connectivity index (χ3v) is 3.15. The normalized spacial score (nSPS) is 11.0. The second-order valence-electron chi connectivity index (χ2n) is 4.84. The van der Waals surface area contributed by atoms with Crippen molar-refractivity contribution < 1.29 is 24.0 Å². The summed E-state index contributed by atoms with van der Waals surface area (Å²) >= 11 is 0. The fourth-order valence-electron chi connectivity index (χ4n) is 1.85. The highest BCUT2D eigenvalue weighted by Gasteiger charge is 2.37. The van der Waals surface area contributed by atoms with Gasteiger partial charge >= 0.3 is 11.7 Å². The topological polar surface area (TPSA) is 101 Å². The number of hydrogen-bond acceptors (Lipinski definition) is 4. The molecule has 1 amide bonds. The van der Waals surface area contributed by atoms with Crippen LogP contribution in [-0.4, -0.2) is 38.9 Å². The highest BCUT2D eigenvalue weighted by molar-refractivity contribution is 5.98. The van der Waals surface area contributed by atoms with E-state index in [2.05, 4.69) is 0 Å². The van der Waals surface area contributed by atoms with Crippen molar-refractivity contribution in [3.05, 3.63) is 39.7 Å². The monoisotopic (exact) mass is 298 g/mol. The SMILES string of the molecule is CCN(C(=O)c1ccc(F)c([N+](=O)[O-])c1)C(C)(C)C(=O)O. The highest BCUT2D eigenvalue weighted by Crippen LogP contribution is 2.23. The van der Waals surface area contributed by atoms with Gasteiger partial charge in [-0.1, -0.05) is 0 Å². The van der Waals surface area contributed by atoms with Crippen LogP contribution >= 0.6 is 0 Å². The molecule has 1 N–H and O–H groups in total. The minimum absolute atomic E-state index is 0.0866. The van der Waals surface area contributed by atoms with E-state index in [9.17, 15) is 24.1 Å². The Morgan fingerprint density at radius 3 is 2.43 bits per heavy atom. The molecule has 0 aliphatic heterocycles. The first-order chi connectivity index (χ1) is 9.62. The number of hydrogen-bond donors (Lipinski definition) is 1. The molecule has 0 saturated heterocycles. The minimum atomic E-state index is -1.49. The number of carboxylic acid groups (broad SMARTS) is 1. The van der Waals surface area contributed by atoms with Crippen molar-refractivity contribution in [2.75, 3.05) is 6.54 Å². The van der Waals surface area contributed by atoms with Crippen LogP contribution in [0.4, 0.5) is 10.1 Å². The molecule has 0 spiro atoms. The second-order valence-corrected chi connectivity index (χ2v) is 4.84. The van der Waals surface area contributed by atoms with Crippen molar-refractivity contribution in [2.24, 2.45) is 0 Å². The van der Waals surface area contributed by atoms with E-state index < -0.39 is 33.8 Å². The largest absolute Gasteiger partial charge is 0.480 e. The summed E-state index contributed by atoms with van der Waals surface area (Å²) in [4.78, 5) is 34.4. The molecule has 8 heteroatoms. The summed E-state index contributed by atoms with van der Waals surface area (Å²) in [5.41, 5.74) is -2.46. The van der Waals surface area contributed by atoms with E-state index in [0.717, 1.165) is 23.1 Å². The third-order valence-electron chi connectivity index (χ3n) is 3.15. The van der Waals surface area contributed by atoms with E-state index in [0.29, 0.717) is 0 Å². The first kappa shape index (κ1) is 16.5. The van der Waals surface area contributed by atoms with Crippen molar-refractivity contribution in [3.8, 4) is 0 Å². The molecule has 0 saturated carbocycles. The van der Waals surface area contributed by atoms with E-state index in [1.54, 1.807) is 6.92 Å². The van der Waals surface area contributed by atoms with Crippen LogP contribution in [0.5, 0.6) is 0 Å². The number of halogens is 1. The average molecular weight is 298 g/mol. The fraction of sp³-hybridized carbons (Fsp3) is 0.385. The maximum atomic E-state index is 13.3. The summed E-state index contributed by atoms with van der Waals surface area (Å²) in [6.07, 6.45) is 0. The van der Waals surface area contributed by atoms with Gasteiger partial charge in [0.25, 0.3) is 5.91 Å². The van der Waals surface area contributed by atoms with Gasteiger partial charge in [0.1, 0.15) is 5.54 Å². The minimum Gasteiger partial charge on any atom is -0.480 e. The summed E-state index contributed by atoms with van der Waals surface area (Å²) in [5, 5.41) is 19.9. The molecule has 0 bridgehead atoms. The van der Waals surface area contributed by atoms with Crippen LogP contribution in [-0.2, 0) is 4.79 Å². The van der Waals surface area contributed by atoms with Crippen LogP contribution in [0.2, 0.25) is 0 Å². The number of nitrogens with zero attached hydrogens (tertiary/aromatic N) is 2. The highest BCUT2D eigenvalue weighted by atomic mass is 19.1. The molecule has 0 unspecified atom stereocenters. The van der Waals surface area contributed by atoms with Gasteiger partial charge in [-0.3, -0.25) is 14.9 Å². The van der Waals surface area contributed by atoms with Gasteiger partial charge in [0.15, 0.2) is 0 Å². The lowest BCUT2D eigenvalue weighted by Crippen LogP contribution is -2.52. The number of amides is 1. The van der Waals surface area contributed by atoms with Crippen molar-refractivity contribution in [1.82, 2.24) is 4.90 Å². The molecular weight excluding hydrogens is 283 g/mol. The van der Waals surface area contributed by atoms with Crippen molar-refractivity contribution in [3.63, 3.8) is 0 Å². The van der Waals surface area contributed by atoms with E-state index in [1.807, 2.05) is 0 Å². The molecule has 21 heavy (non-hydrogen) atoms. The number of carboxylic acids is 1. The summed E-state index contributed by atoms with van der Waals surface area (Å²) in [5.74, 6) is -2.99. The van der Waals surface area contributed by atoms with Crippen LogP contribution in [0.3, 0.4) is 0 Å². The zero-order chi connectivity index (χ0) is 16.4. The smallest absolute Gasteiger partial charge is 0.329 e. The molecule has 0 aromatic heterocycles. The van der Waals surface area contributed by atoms with Gasteiger partial charge < -0.3 is 10.0 Å². The Morgan fingerprint density at radius 1 is 1.43 bits per heavy atom. The van der Waals surface area contributed by atoms with E-state index >= 15 is 0 Å². The van der Waals surface area contributed by atoms with Gasteiger partial charge in [-0.2, -0.15) is 4.39 Å². The first-order valence-corrected chi connectivity index (χ1v) is 6.12. The standard InChI is InChI=1S/C13H15FN2O5/c1-4-15(13(2,3)12(18)19)11(17)8-5-6-9(14)10(7-8)16(20)21/h5-7H,4H2,1-3H3,(H,18,19). The molecule has 0 fully saturated rings. The Hall–Kier alpha value is -2.51. The second kappa shape index (κ2) is 5.86. The number of carbonyl (C=O) groups excluding carboxylic acids is 1. The molecule has 114 valence electrons. The molecule has 1 rings (SSSR count). The lowest BCUT2D eigenvalue weighted by Gasteiger charge is -2.34. The zero-order valence-electron chi connectivity index (χ0n) is 11.8. The van der Waals surface area contributed by atoms with E-state index in [4.69, 9.17) is 5.11 Å². The molecule has 0 heterocycles. The Balaban J connectivity index is 3.27. The van der Waals surface area contributed by atoms with Crippen LogP contribution in [0.25, 0.3) is 0 Å². The van der Waals surface area contributed by atoms with Crippen molar-refractivity contribution in [2.45, 2.75) is 26.3 Å². The van der Waals surface area contributed by atoms with Gasteiger partial charge in [-0.15, -0.1) is 0 Å².